The van der Waals surface area contributed by atoms with E-state index in [9.17, 15) is 13.7 Å². The second-order valence-corrected chi connectivity index (χ2v) is 7.25. The third kappa shape index (κ3) is 4.41. The number of rotatable bonds is 7. The van der Waals surface area contributed by atoms with Crippen LogP contribution in [0.25, 0.3) is 0 Å². The summed E-state index contributed by atoms with van der Waals surface area (Å²) in [6, 6.07) is 11.7. The largest absolute Gasteiger partial charge is 0.272 e. The molecule has 1 heterocycles. The third-order valence-corrected chi connectivity index (χ3v) is 5.16. The molecule has 1 N–H and O–H groups in total. The Bertz CT molecular complexity index is 793. The highest BCUT2D eigenvalue weighted by atomic mass is 32.2. The first-order valence-electron chi connectivity index (χ1n) is 7.40. The SMILES string of the molecule is CCn1cc(S(=O)(=O)N[C@](C)(C#N)CCc2ccccc2)cn1. The minimum Gasteiger partial charge on any atom is -0.272 e. The lowest BCUT2D eigenvalue weighted by Gasteiger charge is -2.22. The first kappa shape index (κ1) is 17.2. The highest BCUT2D eigenvalue weighted by Gasteiger charge is 2.31. The number of aromatic nitrogens is 2. The summed E-state index contributed by atoms with van der Waals surface area (Å²) in [7, 11) is -3.78. The monoisotopic (exact) mass is 332 g/mol. The number of hydrogen-bond donors (Lipinski definition) is 1. The summed E-state index contributed by atoms with van der Waals surface area (Å²) in [6.07, 6.45) is 3.74. The Hall–Kier alpha value is -2.17. The van der Waals surface area contributed by atoms with Gasteiger partial charge in [-0.05, 0) is 32.3 Å². The summed E-state index contributed by atoms with van der Waals surface area (Å²) in [5.41, 5.74) is -0.116. The molecule has 0 radical (unpaired) electrons. The lowest BCUT2D eigenvalue weighted by Crippen LogP contribution is -2.45. The molecule has 0 amide bonds. The maximum atomic E-state index is 12.4. The minimum absolute atomic E-state index is 0.0699. The van der Waals surface area contributed by atoms with Gasteiger partial charge in [-0.15, -0.1) is 0 Å². The van der Waals surface area contributed by atoms with E-state index in [1.54, 1.807) is 6.92 Å². The predicted octanol–water partition coefficient (Wildman–Crippen LogP) is 2.10. The average molecular weight is 332 g/mol. The lowest BCUT2D eigenvalue weighted by molar-refractivity contribution is 0.477. The van der Waals surface area contributed by atoms with Crippen LogP contribution < -0.4 is 4.72 Å². The number of nitriles is 1. The van der Waals surface area contributed by atoms with Crippen molar-refractivity contribution >= 4 is 10.0 Å². The van der Waals surface area contributed by atoms with E-state index in [-0.39, 0.29) is 4.90 Å². The second-order valence-electron chi connectivity index (χ2n) is 5.57. The molecular weight excluding hydrogens is 312 g/mol. The van der Waals surface area contributed by atoms with Gasteiger partial charge in [0.25, 0.3) is 0 Å². The van der Waals surface area contributed by atoms with Crippen molar-refractivity contribution in [2.24, 2.45) is 0 Å². The molecule has 1 aromatic carbocycles. The van der Waals surface area contributed by atoms with Crippen LogP contribution in [-0.2, 0) is 23.0 Å². The summed E-state index contributed by atoms with van der Waals surface area (Å²) < 4.78 is 28.9. The Morgan fingerprint density at radius 3 is 2.61 bits per heavy atom. The lowest BCUT2D eigenvalue weighted by atomic mass is 9.96. The van der Waals surface area contributed by atoms with Crippen LogP contribution in [0.4, 0.5) is 0 Å². The summed E-state index contributed by atoms with van der Waals surface area (Å²) in [5.74, 6) is 0. The Morgan fingerprint density at radius 2 is 2.04 bits per heavy atom. The zero-order valence-electron chi connectivity index (χ0n) is 13.2. The van der Waals surface area contributed by atoms with E-state index in [1.165, 1.54) is 17.1 Å². The molecule has 0 saturated carbocycles. The fraction of sp³-hybridized carbons (Fsp3) is 0.375. The summed E-state index contributed by atoms with van der Waals surface area (Å²) in [4.78, 5) is 0.0699. The Labute approximate surface area is 136 Å². The Kier molecular flexibility index (Phi) is 5.19. The van der Waals surface area contributed by atoms with Gasteiger partial charge in [0.15, 0.2) is 0 Å². The molecule has 0 unspecified atom stereocenters. The molecule has 1 atom stereocenters. The molecule has 0 aliphatic carbocycles. The molecule has 0 saturated heterocycles. The number of sulfonamides is 1. The number of hydrogen-bond acceptors (Lipinski definition) is 4. The minimum atomic E-state index is -3.78. The van der Waals surface area contributed by atoms with Crippen LogP contribution in [-0.4, -0.2) is 23.7 Å². The molecule has 7 heteroatoms. The van der Waals surface area contributed by atoms with Crippen molar-refractivity contribution in [3.8, 4) is 6.07 Å². The summed E-state index contributed by atoms with van der Waals surface area (Å²) >= 11 is 0. The standard InChI is InChI=1S/C16H20N4O2S/c1-3-20-12-15(11-18-20)23(21,22)19-16(2,13-17)10-9-14-7-5-4-6-8-14/h4-8,11-12,19H,3,9-10H2,1-2H3/t16-/m0/s1. The van der Waals surface area contributed by atoms with E-state index in [2.05, 4.69) is 15.9 Å². The van der Waals surface area contributed by atoms with Crippen LogP contribution in [0.15, 0.2) is 47.6 Å². The van der Waals surface area contributed by atoms with E-state index < -0.39 is 15.6 Å². The van der Waals surface area contributed by atoms with Gasteiger partial charge in [-0.25, -0.2) is 8.42 Å². The van der Waals surface area contributed by atoms with Gasteiger partial charge in [0.1, 0.15) is 10.4 Å². The van der Waals surface area contributed by atoms with Gasteiger partial charge >= 0.3 is 0 Å². The van der Waals surface area contributed by atoms with E-state index in [4.69, 9.17) is 0 Å². The fourth-order valence-corrected chi connectivity index (χ4v) is 3.49. The van der Waals surface area contributed by atoms with Gasteiger partial charge in [0, 0.05) is 12.7 Å². The first-order valence-corrected chi connectivity index (χ1v) is 8.88. The second kappa shape index (κ2) is 6.94. The van der Waals surface area contributed by atoms with Crippen LogP contribution in [0, 0.1) is 11.3 Å². The molecule has 122 valence electrons. The van der Waals surface area contributed by atoms with Crippen molar-refractivity contribution in [3.63, 3.8) is 0 Å². The zero-order valence-corrected chi connectivity index (χ0v) is 14.0. The molecule has 2 aromatic rings. The number of nitrogens with zero attached hydrogens (tertiary/aromatic N) is 3. The van der Waals surface area contributed by atoms with Crippen LogP contribution in [0.5, 0.6) is 0 Å². The Morgan fingerprint density at radius 1 is 1.35 bits per heavy atom. The fourth-order valence-electron chi connectivity index (χ4n) is 2.18. The van der Waals surface area contributed by atoms with Gasteiger partial charge in [-0.3, -0.25) is 4.68 Å². The molecule has 0 aliphatic heterocycles. The van der Waals surface area contributed by atoms with Gasteiger partial charge in [-0.2, -0.15) is 15.1 Å². The molecule has 0 bridgehead atoms. The van der Waals surface area contributed by atoms with Crippen molar-refractivity contribution in [3.05, 3.63) is 48.3 Å². The van der Waals surface area contributed by atoms with Gasteiger partial charge in [0.2, 0.25) is 10.0 Å². The quantitative estimate of drug-likeness (QED) is 0.841. The van der Waals surface area contributed by atoms with Crippen molar-refractivity contribution in [2.45, 2.75) is 43.7 Å². The van der Waals surface area contributed by atoms with Crippen LogP contribution in [0.2, 0.25) is 0 Å². The summed E-state index contributed by atoms with van der Waals surface area (Å²) in [5, 5.41) is 13.4. The highest BCUT2D eigenvalue weighted by molar-refractivity contribution is 7.89. The van der Waals surface area contributed by atoms with Crippen LogP contribution in [0.1, 0.15) is 25.8 Å². The van der Waals surface area contributed by atoms with Crippen LogP contribution in [0.3, 0.4) is 0 Å². The zero-order chi connectivity index (χ0) is 16.9. The van der Waals surface area contributed by atoms with Gasteiger partial charge in [-0.1, -0.05) is 30.3 Å². The molecule has 0 spiro atoms. The molecule has 0 fully saturated rings. The number of aryl methyl sites for hydroxylation is 2. The van der Waals surface area contributed by atoms with Crippen molar-refractivity contribution in [1.82, 2.24) is 14.5 Å². The number of benzene rings is 1. The molecule has 1 aromatic heterocycles. The maximum Gasteiger partial charge on any atom is 0.245 e. The van der Waals surface area contributed by atoms with E-state index >= 15 is 0 Å². The van der Waals surface area contributed by atoms with Gasteiger partial charge in [0.05, 0.1) is 12.3 Å². The average Bonchev–Trinajstić information content (AvgIpc) is 3.04. The molecule has 23 heavy (non-hydrogen) atoms. The highest BCUT2D eigenvalue weighted by Crippen LogP contribution is 2.18. The molecule has 2 rings (SSSR count). The smallest absolute Gasteiger partial charge is 0.245 e. The normalized spacial score (nSPS) is 14.1. The van der Waals surface area contributed by atoms with E-state index in [0.717, 1.165) is 5.56 Å². The van der Waals surface area contributed by atoms with E-state index in [0.29, 0.717) is 19.4 Å². The first-order chi connectivity index (χ1) is 10.9. The van der Waals surface area contributed by atoms with Crippen molar-refractivity contribution in [2.75, 3.05) is 0 Å². The van der Waals surface area contributed by atoms with Gasteiger partial charge < -0.3 is 0 Å². The molecular formula is C16H20N4O2S. The number of nitrogens with one attached hydrogen (secondary N) is 1. The van der Waals surface area contributed by atoms with Crippen molar-refractivity contribution in [1.29, 1.82) is 5.26 Å². The van der Waals surface area contributed by atoms with Crippen LogP contribution >= 0.6 is 0 Å². The maximum absolute atomic E-state index is 12.4. The summed E-state index contributed by atoms with van der Waals surface area (Å²) in [6.45, 7) is 4.05. The third-order valence-electron chi connectivity index (χ3n) is 3.61. The predicted molar refractivity (Wildman–Crippen MR) is 87.0 cm³/mol. The molecule has 0 aliphatic rings. The topological polar surface area (TPSA) is 87.8 Å². The van der Waals surface area contributed by atoms with Crippen molar-refractivity contribution < 1.29 is 8.42 Å². The van der Waals surface area contributed by atoms with E-state index in [1.807, 2.05) is 37.3 Å². The molecule has 6 nitrogen and oxygen atoms in total. The Balaban J connectivity index is 2.12.